The molecule has 0 unspecified atom stereocenters. The maximum absolute atomic E-state index is 13.1. The lowest BCUT2D eigenvalue weighted by atomic mass is 10.0. The lowest BCUT2D eigenvalue weighted by Crippen LogP contribution is -2.25. The number of ketones is 2. The van der Waals surface area contributed by atoms with E-state index in [4.69, 9.17) is 11.5 Å². The number of nitrogens with zero attached hydrogens (tertiary/aromatic N) is 4. The van der Waals surface area contributed by atoms with Crippen molar-refractivity contribution in [2.75, 3.05) is 25.1 Å². The van der Waals surface area contributed by atoms with E-state index in [9.17, 15) is 28.8 Å². The van der Waals surface area contributed by atoms with Gasteiger partial charge in [-0.05, 0) is 106 Å². The Hall–Kier alpha value is -7.88. The number of aryl methyl sites for hydroxylation is 2. The highest BCUT2D eigenvalue weighted by molar-refractivity contribution is 6.13. The maximum atomic E-state index is 13.1. The summed E-state index contributed by atoms with van der Waals surface area (Å²) in [6.07, 6.45) is 6.83. The highest BCUT2D eigenvalue weighted by atomic mass is 16.2. The van der Waals surface area contributed by atoms with Gasteiger partial charge in [-0.1, -0.05) is 36.4 Å². The lowest BCUT2D eigenvalue weighted by molar-refractivity contribution is 0.0942. The second-order valence-electron chi connectivity index (χ2n) is 15.5. The van der Waals surface area contributed by atoms with Gasteiger partial charge in [0.2, 0.25) is 0 Å². The van der Waals surface area contributed by atoms with Crippen molar-refractivity contribution in [2.45, 2.75) is 58.5 Å². The monoisotopic (exact) mass is 848 g/mol. The van der Waals surface area contributed by atoms with Gasteiger partial charge in [-0.15, -0.1) is 0 Å². The van der Waals surface area contributed by atoms with Gasteiger partial charge < -0.3 is 32.7 Å². The van der Waals surface area contributed by atoms with E-state index in [-0.39, 0.29) is 70.0 Å². The number of hydrogen-bond acceptors (Lipinski definition) is 10. The van der Waals surface area contributed by atoms with Gasteiger partial charge in [0.15, 0.2) is 11.6 Å². The molecule has 0 radical (unpaired) electrons. The van der Waals surface area contributed by atoms with Gasteiger partial charge in [0, 0.05) is 59.1 Å². The van der Waals surface area contributed by atoms with Crippen molar-refractivity contribution in [3.63, 3.8) is 0 Å². The molecule has 16 nitrogen and oxygen atoms in total. The number of carbonyl (C=O) groups is 6. The Kier molecular flexibility index (Phi) is 12.6. The van der Waals surface area contributed by atoms with Crippen LogP contribution in [-0.2, 0) is 0 Å². The first-order valence-electron chi connectivity index (χ1n) is 20.6. The quantitative estimate of drug-likeness (QED) is 0.0862. The summed E-state index contributed by atoms with van der Waals surface area (Å²) in [7, 11) is 1.53. The van der Waals surface area contributed by atoms with Crippen LogP contribution in [0.15, 0.2) is 97.3 Å². The van der Waals surface area contributed by atoms with Crippen molar-refractivity contribution in [3.05, 3.63) is 153 Å². The van der Waals surface area contributed by atoms with Crippen molar-refractivity contribution in [1.82, 2.24) is 40.8 Å². The Labute approximate surface area is 363 Å². The number of amides is 4. The van der Waals surface area contributed by atoms with E-state index in [1.54, 1.807) is 60.7 Å². The van der Waals surface area contributed by atoms with Crippen LogP contribution in [0.25, 0.3) is 11.4 Å². The molecule has 2 fully saturated rings. The fourth-order valence-electron chi connectivity index (χ4n) is 6.72. The molecule has 2 aliphatic rings. The van der Waals surface area contributed by atoms with Crippen LogP contribution in [0, 0.1) is 13.8 Å². The highest BCUT2D eigenvalue weighted by Crippen LogP contribution is 2.27. The Morgan fingerprint density at radius 2 is 0.968 bits per heavy atom. The molecule has 4 aromatic carbocycles. The molecule has 16 heteroatoms. The highest BCUT2D eigenvalue weighted by Gasteiger charge is 2.27. The van der Waals surface area contributed by atoms with E-state index in [1.807, 2.05) is 32.9 Å². The molecular formula is C47H48N10O6. The Morgan fingerprint density at radius 1 is 0.571 bits per heavy atom. The van der Waals surface area contributed by atoms with Crippen molar-refractivity contribution >= 4 is 46.8 Å². The molecule has 0 aliphatic heterocycles. The standard InChI is InChI=1S/C24H25N5O3.C23H23N5O3/c1-3-26-23(31)16-6-4-5-15(11-16)21(30)19-13-27-29(22(19)25)20-12-17(8-7-14(20)2)24(32)28-18-9-10-18;1-13-6-7-16(23(31)27-17-8-9-17)11-19(13)28-21(24)18(12-26-28)20(29)14-4-3-5-15(10-14)22(30)25-2/h4-8,11-13,18H,3,9-10,25H2,1-2H3,(H,26,31)(H,28,32);3-7,10-12,17H,8-9,24H2,1-2H3,(H,25,30)(H,27,31). The van der Waals surface area contributed by atoms with Gasteiger partial charge in [-0.25, -0.2) is 9.36 Å². The number of nitrogens with two attached hydrogens (primary N) is 2. The zero-order valence-corrected chi connectivity index (χ0v) is 35.3. The number of rotatable bonds is 13. The number of aromatic nitrogens is 4. The molecule has 2 aliphatic carbocycles. The molecule has 0 saturated heterocycles. The van der Waals surface area contributed by atoms with Gasteiger partial charge >= 0.3 is 0 Å². The number of carbonyl (C=O) groups excluding carboxylic acids is 6. The van der Waals surface area contributed by atoms with Crippen LogP contribution in [0.4, 0.5) is 11.6 Å². The minimum atomic E-state index is -0.338. The third kappa shape index (κ3) is 9.70. The molecule has 2 heterocycles. The number of benzene rings is 4. The van der Waals surface area contributed by atoms with Crippen LogP contribution in [0.2, 0.25) is 0 Å². The Balaban J connectivity index is 0.000000189. The minimum absolute atomic E-state index is 0.141. The molecule has 8 N–H and O–H groups in total. The van der Waals surface area contributed by atoms with Crippen LogP contribution >= 0.6 is 0 Å². The predicted molar refractivity (Wildman–Crippen MR) is 238 cm³/mol. The fraction of sp³-hybridized carbons (Fsp3) is 0.234. The molecule has 6 aromatic rings. The van der Waals surface area contributed by atoms with E-state index >= 15 is 0 Å². The van der Waals surface area contributed by atoms with Crippen LogP contribution in [0.5, 0.6) is 0 Å². The normalized spacial score (nSPS) is 13.0. The number of hydrogen-bond donors (Lipinski definition) is 6. The Bertz CT molecular complexity index is 2780. The second kappa shape index (κ2) is 18.4. The molecule has 0 atom stereocenters. The van der Waals surface area contributed by atoms with Gasteiger partial charge in [-0.2, -0.15) is 10.2 Å². The first kappa shape index (κ1) is 43.2. The van der Waals surface area contributed by atoms with E-state index in [0.29, 0.717) is 51.3 Å². The van der Waals surface area contributed by atoms with Crippen LogP contribution < -0.4 is 32.7 Å². The van der Waals surface area contributed by atoms with Gasteiger partial charge in [-0.3, -0.25) is 28.8 Å². The molecule has 0 bridgehead atoms. The van der Waals surface area contributed by atoms with E-state index in [1.165, 1.54) is 40.9 Å². The van der Waals surface area contributed by atoms with Gasteiger partial charge in [0.1, 0.15) is 11.6 Å². The summed E-state index contributed by atoms with van der Waals surface area (Å²) in [5.74, 6) is -1.15. The van der Waals surface area contributed by atoms with Gasteiger partial charge in [0.05, 0.1) is 34.9 Å². The van der Waals surface area contributed by atoms with E-state index < -0.39 is 0 Å². The van der Waals surface area contributed by atoms with Crippen molar-refractivity contribution in [3.8, 4) is 11.4 Å². The average molecular weight is 849 g/mol. The summed E-state index contributed by atoms with van der Waals surface area (Å²) < 4.78 is 2.92. The summed E-state index contributed by atoms with van der Waals surface area (Å²) in [6, 6.07) is 24.0. The molecular weight excluding hydrogens is 801 g/mol. The summed E-state index contributed by atoms with van der Waals surface area (Å²) in [5.41, 5.74) is 18.5. The first-order chi connectivity index (χ1) is 30.3. The molecule has 4 amide bonds. The summed E-state index contributed by atoms with van der Waals surface area (Å²) in [5, 5.41) is 19.8. The SMILES string of the molecule is CCNC(=O)c1cccc(C(=O)c2cnn(-c3cc(C(=O)NC4CC4)ccc3C)c2N)c1.CNC(=O)c1cccc(C(=O)c2cnn(-c3cc(C(=O)NC4CC4)ccc3C)c2N)c1. The Morgan fingerprint density at radius 3 is 1.37 bits per heavy atom. The van der Waals surface area contributed by atoms with Crippen molar-refractivity contribution in [1.29, 1.82) is 0 Å². The van der Waals surface area contributed by atoms with Crippen LogP contribution in [0.1, 0.15) is 117 Å². The van der Waals surface area contributed by atoms with E-state index in [0.717, 1.165) is 36.8 Å². The molecule has 2 aromatic heterocycles. The summed E-state index contributed by atoms with van der Waals surface area (Å²) >= 11 is 0. The lowest BCUT2D eigenvalue weighted by Gasteiger charge is -2.11. The summed E-state index contributed by atoms with van der Waals surface area (Å²) in [4.78, 5) is 75.0. The number of nitrogens with one attached hydrogen (secondary N) is 4. The smallest absolute Gasteiger partial charge is 0.251 e. The number of anilines is 2. The first-order valence-corrected chi connectivity index (χ1v) is 20.6. The minimum Gasteiger partial charge on any atom is -0.383 e. The largest absolute Gasteiger partial charge is 0.383 e. The third-order valence-electron chi connectivity index (χ3n) is 10.7. The van der Waals surface area contributed by atoms with Crippen LogP contribution in [0.3, 0.4) is 0 Å². The molecule has 2 saturated carbocycles. The second-order valence-corrected chi connectivity index (χ2v) is 15.5. The van der Waals surface area contributed by atoms with Gasteiger partial charge in [0.25, 0.3) is 23.6 Å². The average Bonchev–Trinajstić information content (AvgIpc) is 4.22. The maximum Gasteiger partial charge on any atom is 0.251 e. The van der Waals surface area contributed by atoms with Crippen molar-refractivity contribution < 1.29 is 28.8 Å². The predicted octanol–water partition coefficient (Wildman–Crippen LogP) is 4.88. The molecule has 63 heavy (non-hydrogen) atoms. The number of nitrogen functional groups attached to an aromatic ring is 2. The van der Waals surface area contributed by atoms with Crippen LogP contribution in [-0.4, -0.2) is 80.4 Å². The fourth-order valence-corrected chi connectivity index (χ4v) is 6.72. The zero-order valence-electron chi connectivity index (χ0n) is 35.3. The topological polar surface area (TPSA) is 238 Å². The molecule has 0 spiro atoms. The third-order valence-corrected chi connectivity index (χ3v) is 10.7. The summed E-state index contributed by atoms with van der Waals surface area (Å²) in [6.45, 7) is 6.09. The van der Waals surface area contributed by atoms with E-state index in [2.05, 4.69) is 31.5 Å². The molecule has 8 rings (SSSR count). The molecule has 322 valence electrons. The zero-order chi connectivity index (χ0) is 44.9. The van der Waals surface area contributed by atoms with Crippen molar-refractivity contribution in [2.24, 2.45) is 0 Å².